The van der Waals surface area contributed by atoms with E-state index in [0.717, 1.165) is 11.1 Å². The summed E-state index contributed by atoms with van der Waals surface area (Å²) in [6, 6.07) is 9.81. The molecule has 176 valence electrons. The van der Waals surface area contributed by atoms with Gasteiger partial charge >= 0.3 is 0 Å². The van der Waals surface area contributed by atoms with Crippen molar-refractivity contribution < 1.29 is 23.7 Å². The number of nitrogens with one attached hydrogen (secondary N) is 2. The van der Waals surface area contributed by atoms with E-state index in [4.69, 9.17) is 23.7 Å². The quantitative estimate of drug-likeness (QED) is 0.429. The molecule has 0 aliphatic heterocycles. The van der Waals surface area contributed by atoms with E-state index >= 15 is 0 Å². The largest absolute Gasteiger partial charge is 0.493 e. The van der Waals surface area contributed by atoms with Crippen molar-refractivity contribution in [1.29, 1.82) is 0 Å². The van der Waals surface area contributed by atoms with Gasteiger partial charge < -0.3 is 34.3 Å². The van der Waals surface area contributed by atoms with Crippen LogP contribution >= 0.6 is 0 Å². The van der Waals surface area contributed by atoms with Crippen LogP contribution in [0.25, 0.3) is 0 Å². The van der Waals surface area contributed by atoms with E-state index in [9.17, 15) is 0 Å². The van der Waals surface area contributed by atoms with Gasteiger partial charge in [0.2, 0.25) is 5.75 Å². The fraction of sp³-hybridized carbons (Fsp3) is 0.458. The summed E-state index contributed by atoms with van der Waals surface area (Å²) in [5, 5.41) is 6.74. The molecular weight excluding hydrogens is 410 g/mol. The lowest BCUT2D eigenvalue weighted by atomic mass is 9.84. The minimum Gasteiger partial charge on any atom is -0.493 e. The number of hydrogen-bond acceptors (Lipinski definition) is 6. The van der Waals surface area contributed by atoms with Crippen LogP contribution in [0, 0.1) is 0 Å². The maximum absolute atomic E-state index is 5.45. The molecule has 8 nitrogen and oxygen atoms in total. The summed E-state index contributed by atoms with van der Waals surface area (Å²) in [6.07, 6.45) is 0. The number of guanidine groups is 1. The Morgan fingerprint density at radius 3 is 1.88 bits per heavy atom. The smallest absolute Gasteiger partial charge is 0.203 e. The van der Waals surface area contributed by atoms with Gasteiger partial charge in [-0.2, -0.15) is 0 Å². The monoisotopic (exact) mass is 445 g/mol. The van der Waals surface area contributed by atoms with Crippen molar-refractivity contribution in [3.63, 3.8) is 0 Å². The second-order valence-electron chi connectivity index (χ2n) is 7.77. The molecule has 0 fully saturated rings. The third kappa shape index (κ3) is 5.90. The molecule has 32 heavy (non-hydrogen) atoms. The number of aliphatic imine (C=N–C) groups is 1. The molecule has 0 radical (unpaired) electrons. The first-order chi connectivity index (χ1) is 15.3. The fourth-order valence-electron chi connectivity index (χ4n) is 3.31. The molecule has 0 spiro atoms. The molecule has 2 N–H and O–H groups in total. The Hall–Kier alpha value is -3.29. The van der Waals surface area contributed by atoms with E-state index < -0.39 is 0 Å². The number of nitrogens with zero attached hydrogens (tertiary/aromatic N) is 1. The van der Waals surface area contributed by atoms with Crippen LogP contribution in [0.4, 0.5) is 0 Å². The second-order valence-corrected chi connectivity index (χ2v) is 7.77. The van der Waals surface area contributed by atoms with Crippen LogP contribution < -0.4 is 34.3 Å². The summed E-state index contributed by atoms with van der Waals surface area (Å²) in [7, 11) is 9.81. The summed E-state index contributed by atoms with van der Waals surface area (Å²) in [6.45, 7) is 5.52. The van der Waals surface area contributed by atoms with Crippen molar-refractivity contribution >= 4 is 5.96 Å². The molecule has 0 saturated heterocycles. The van der Waals surface area contributed by atoms with E-state index in [1.807, 2.05) is 24.3 Å². The van der Waals surface area contributed by atoms with Gasteiger partial charge in [-0.25, -0.2) is 0 Å². The molecule has 0 amide bonds. The molecule has 0 bridgehead atoms. The molecule has 0 aliphatic rings. The third-order valence-corrected chi connectivity index (χ3v) is 5.27. The fourth-order valence-corrected chi connectivity index (χ4v) is 3.31. The van der Waals surface area contributed by atoms with Crippen molar-refractivity contribution in [3.05, 3.63) is 41.5 Å². The molecule has 8 heteroatoms. The van der Waals surface area contributed by atoms with Crippen molar-refractivity contribution in [3.8, 4) is 28.7 Å². The summed E-state index contributed by atoms with van der Waals surface area (Å²) < 4.78 is 27.0. The molecule has 2 rings (SSSR count). The molecular formula is C24H35N3O5. The first-order valence-electron chi connectivity index (χ1n) is 10.3. The van der Waals surface area contributed by atoms with E-state index in [-0.39, 0.29) is 5.41 Å². The van der Waals surface area contributed by atoms with Gasteiger partial charge in [-0.05, 0) is 35.4 Å². The minimum absolute atomic E-state index is 0.177. The normalized spacial score (nSPS) is 11.6. The van der Waals surface area contributed by atoms with Gasteiger partial charge in [-0.1, -0.05) is 19.9 Å². The Morgan fingerprint density at radius 2 is 1.38 bits per heavy atom. The van der Waals surface area contributed by atoms with E-state index in [2.05, 4.69) is 35.5 Å². The maximum Gasteiger partial charge on any atom is 0.203 e. The van der Waals surface area contributed by atoms with Gasteiger partial charge in [0.15, 0.2) is 29.0 Å². The second kappa shape index (κ2) is 11.4. The van der Waals surface area contributed by atoms with Gasteiger partial charge in [-0.15, -0.1) is 0 Å². The van der Waals surface area contributed by atoms with Crippen LogP contribution in [0.1, 0.15) is 25.0 Å². The predicted molar refractivity (Wildman–Crippen MR) is 127 cm³/mol. The third-order valence-electron chi connectivity index (χ3n) is 5.27. The zero-order valence-corrected chi connectivity index (χ0v) is 20.3. The number of methoxy groups -OCH3 is 5. The molecule has 0 heterocycles. The van der Waals surface area contributed by atoms with Crippen molar-refractivity contribution in [1.82, 2.24) is 10.6 Å². The highest BCUT2D eigenvalue weighted by Crippen LogP contribution is 2.38. The highest BCUT2D eigenvalue weighted by Gasteiger charge is 2.23. The van der Waals surface area contributed by atoms with Crippen molar-refractivity contribution in [2.75, 3.05) is 49.1 Å². The Bertz CT molecular complexity index is 903. The number of benzene rings is 2. The summed E-state index contributed by atoms with van der Waals surface area (Å²) in [4.78, 5) is 4.34. The van der Waals surface area contributed by atoms with E-state index in [0.29, 0.717) is 47.8 Å². The Kier molecular flexibility index (Phi) is 8.87. The van der Waals surface area contributed by atoms with Gasteiger partial charge in [0.25, 0.3) is 0 Å². The first kappa shape index (κ1) is 25.0. The lowest BCUT2D eigenvalue weighted by Crippen LogP contribution is -2.43. The van der Waals surface area contributed by atoms with E-state index in [1.165, 1.54) is 0 Å². The molecule has 0 unspecified atom stereocenters. The van der Waals surface area contributed by atoms with Gasteiger partial charge in [-0.3, -0.25) is 4.99 Å². The Morgan fingerprint density at radius 1 is 0.781 bits per heavy atom. The molecule has 2 aromatic rings. The van der Waals surface area contributed by atoms with Crippen molar-refractivity contribution in [2.45, 2.75) is 25.8 Å². The highest BCUT2D eigenvalue weighted by molar-refractivity contribution is 5.79. The van der Waals surface area contributed by atoms with Crippen molar-refractivity contribution in [2.24, 2.45) is 4.99 Å². The molecule has 0 saturated carbocycles. The lowest BCUT2D eigenvalue weighted by Gasteiger charge is -2.27. The average molecular weight is 446 g/mol. The molecule has 0 aromatic heterocycles. The van der Waals surface area contributed by atoms with Crippen LogP contribution in [0.2, 0.25) is 0 Å². The topological polar surface area (TPSA) is 82.6 Å². The summed E-state index contributed by atoms with van der Waals surface area (Å²) >= 11 is 0. The number of hydrogen-bond donors (Lipinski definition) is 2. The van der Waals surface area contributed by atoms with Gasteiger partial charge in [0.1, 0.15) is 0 Å². The van der Waals surface area contributed by atoms with Gasteiger partial charge in [0.05, 0.1) is 35.5 Å². The number of ether oxygens (including phenoxy) is 5. The lowest BCUT2D eigenvalue weighted by molar-refractivity contribution is 0.323. The average Bonchev–Trinajstić information content (AvgIpc) is 2.82. The van der Waals surface area contributed by atoms with Crippen LogP contribution in [0.5, 0.6) is 28.7 Å². The zero-order chi connectivity index (χ0) is 23.7. The Labute approximate surface area is 190 Å². The molecule has 0 atom stereocenters. The van der Waals surface area contributed by atoms with Crippen LogP contribution in [0.15, 0.2) is 35.3 Å². The maximum atomic E-state index is 5.45. The molecule has 2 aromatic carbocycles. The number of rotatable bonds is 10. The van der Waals surface area contributed by atoms with Crippen LogP contribution in [-0.4, -0.2) is 55.1 Å². The SMILES string of the molecule is CN=C(NCc1cc(OC)c(OC)c(OC)c1)NCC(C)(C)c1ccc(OC)c(OC)c1. The predicted octanol–water partition coefficient (Wildman–Crippen LogP) is 3.37. The highest BCUT2D eigenvalue weighted by atomic mass is 16.5. The van der Waals surface area contributed by atoms with E-state index in [1.54, 1.807) is 42.6 Å². The minimum atomic E-state index is -0.177. The summed E-state index contributed by atoms with van der Waals surface area (Å²) in [5.41, 5.74) is 1.92. The molecule has 0 aliphatic carbocycles. The van der Waals surface area contributed by atoms with Crippen LogP contribution in [0.3, 0.4) is 0 Å². The van der Waals surface area contributed by atoms with Gasteiger partial charge in [0, 0.05) is 25.6 Å². The first-order valence-corrected chi connectivity index (χ1v) is 10.3. The summed E-state index contributed by atoms with van der Waals surface area (Å²) in [5.74, 6) is 3.90. The zero-order valence-electron chi connectivity index (χ0n) is 20.3. The Balaban J connectivity index is 2.07. The van der Waals surface area contributed by atoms with Crippen LogP contribution in [-0.2, 0) is 12.0 Å². The standard InChI is InChI=1S/C24H35N3O5/c1-24(2,17-9-10-18(28-4)19(13-17)29-5)15-27-23(25-3)26-14-16-11-20(30-6)22(32-8)21(12-16)31-7/h9-13H,14-15H2,1-8H3,(H2,25,26,27).